The van der Waals surface area contributed by atoms with Gasteiger partial charge in [-0.2, -0.15) is 0 Å². The van der Waals surface area contributed by atoms with Crippen molar-refractivity contribution < 1.29 is 13.5 Å². The summed E-state index contributed by atoms with van der Waals surface area (Å²) in [5.41, 5.74) is 4.22. The smallest absolute Gasteiger partial charge is 0.271 e. The van der Waals surface area contributed by atoms with Crippen molar-refractivity contribution in [2.45, 2.75) is 49.8 Å². The van der Waals surface area contributed by atoms with Gasteiger partial charge in [0.2, 0.25) is 9.84 Å². The van der Waals surface area contributed by atoms with Crippen molar-refractivity contribution in [3.8, 4) is 16.9 Å². The van der Waals surface area contributed by atoms with Gasteiger partial charge in [0.15, 0.2) is 10.6 Å². The molecule has 0 atom stereocenters. The fourth-order valence-electron chi connectivity index (χ4n) is 4.44. The molecule has 192 valence electrons. The Labute approximate surface area is 217 Å². The first kappa shape index (κ1) is 26.2. The van der Waals surface area contributed by atoms with Crippen LogP contribution >= 0.6 is 0 Å². The molecule has 7 nitrogen and oxygen atoms in total. The van der Waals surface area contributed by atoms with E-state index in [1.54, 1.807) is 30.3 Å². The maximum atomic E-state index is 13.7. The Kier molecular flexibility index (Phi) is 7.50. The molecular weight excluding hydrogens is 486 g/mol. The number of nitrogens with one attached hydrogen (secondary N) is 1. The van der Waals surface area contributed by atoms with Crippen LogP contribution in [-0.4, -0.2) is 30.5 Å². The lowest BCUT2D eigenvalue weighted by molar-refractivity contribution is 0.455. The van der Waals surface area contributed by atoms with E-state index in [2.05, 4.69) is 9.97 Å². The number of aromatic amines is 1. The fraction of sp³-hybridized carbons (Fsp3) is 0.241. The van der Waals surface area contributed by atoms with Crippen LogP contribution in [0.5, 0.6) is 5.75 Å². The Morgan fingerprint density at radius 2 is 1.76 bits per heavy atom. The third-order valence-corrected chi connectivity index (χ3v) is 8.26. The van der Waals surface area contributed by atoms with E-state index in [0.717, 1.165) is 40.9 Å². The molecule has 0 aliphatic heterocycles. The largest absolute Gasteiger partial charge is 0.504 e. The quantitative estimate of drug-likeness (QED) is 0.311. The van der Waals surface area contributed by atoms with Crippen LogP contribution in [0, 0.1) is 13.8 Å². The van der Waals surface area contributed by atoms with Crippen molar-refractivity contribution in [2.24, 2.45) is 0 Å². The molecule has 2 N–H and O–H groups in total. The summed E-state index contributed by atoms with van der Waals surface area (Å²) in [6.45, 7) is 5.86. The van der Waals surface area contributed by atoms with Crippen LogP contribution < -0.4 is 10.5 Å². The molecule has 0 fully saturated rings. The molecule has 0 spiro atoms. The molecule has 0 unspecified atom stereocenters. The molecule has 0 bridgehead atoms. The highest BCUT2D eigenvalue weighted by atomic mass is 32.2. The van der Waals surface area contributed by atoms with Gasteiger partial charge in [0.05, 0.1) is 4.90 Å². The summed E-state index contributed by atoms with van der Waals surface area (Å²) in [6, 6.07) is 17.6. The van der Waals surface area contributed by atoms with Crippen molar-refractivity contribution in [1.82, 2.24) is 9.97 Å². The van der Waals surface area contributed by atoms with Crippen LogP contribution in [-0.2, 0) is 16.3 Å². The molecule has 0 radical (unpaired) electrons. The number of rotatable bonds is 8. The lowest BCUT2D eigenvalue weighted by atomic mass is 10.1. The second-order valence-corrected chi connectivity index (χ2v) is 11.0. The molecule has 2 aromatic heterocycles. The number of H-pyrrole nitrogens is 1. The van der Waals surface area contributed by atoms with E-state index in [-0.39, 0.29) is 10.6 Å². The Hall–Kier alpha value is -3.91. The minimum absolute atomic E-state index is 0.0796. The highest BCUT2D eigenvalue weighted by molar-refractivity contribution is 7.91. The minimum atomic E-state index is -4.33. The van der Waals surface area contributed by atoms with E-state index < -0.39 is 26.0 Å². The van der Waals surface area contributed by atoms with Gasteiger partial charge in [0.25, 0.3) is 5.56 Å². The number of hydrogen-bond acceptors (Lipinski definition) is 6. The third-order valence-electron chi connectivity index (χ3n) is 6.45. The van der Waals surface area contributed by atoms with Crippen molar-refractivity contribution in [3.63, 3.8) is 0 Å². The number of aryl methyl sites for hydroxylation is 3. The van der Waals surface area contributed by atoms with E-state index in [4.69, 9.17) is 0 Å². The number of nitrogens with zero attached hydrogens (tertiary/aromatic N) is 2. The zero-order chi connectivity index (χ0) is 26.7. The molecule has 0 saturated carbocycles. The van der Waals surface area contributed by atoms with Crippen molar-refractivity contribution in [1.29, 1.82) is 0 Å². The Morgan fingerprint density at radius 1 is 1.03 bits per heavy atom. The van der Waals surface area contributed by atoms with Crippen LogP contribution in [0.4, 0.5) is 11.4 Å². The monoisotopic (exact) mass is 517 g/mol. The van der Waals surface area contributed by atoms with Gasteiger partial charge in [-0.3, -0.25) is 9.78 Å². The van der Waals surface area contributed by atoms with Crippen LogP contribution in [0.25, 0.3) is 11.1 Å². The van der Waals surface area contributed by atoms with Gasteiger partial charge in [-0.25, -0.2) is 8.42 Å². The first-order valence-corrected chi connectivity index (χ1v) is 13.7. The molecule has 0 amide bonds. The summed E-state index contributed by atoms with van der Waals surface area (Å²) in [6.07, 6.45) is 3.83. The van der Waals surface area contributed by atoms with Gasteiger partial charge < -0.3 is 15.0 Å². The molecule has 2 aromatic carbocycles. The van der Waals surface area contributed by atoms with Crippen LogP contribution in [0.1, 0.15) is 36.7 Å². The Balaban J connectivity index is 1.85. The average Bonchev–Trinajstić information content (AvgIpc) is 2.87. The van der Waals surface area contributed by atoms with E-state index in [9.17, 15) is 18.3 Å². The Bertz CT molecular complexity index is 1590. The predicted octanol–water partition coefficient (Wildman–Crippen LogP) is 5.70. The van der Waals surface area contributed by atoms with Gasteiger partial charge in [-0.1, -0.05) is 43.7 Å². The van der Waals surface area contributed by atoms with E-state index in [1.165, 1.54) is 12.1 Å². The first-order chi connectivity index (χ1) is 17.6. The molecular formula is C29H31N3O4S. The summed E-state index contributed by atoms with van der Waals surface area (Å²) < 4.78 is 27.3. The van der Waals surface area contributed by atoms with Crippen molar-refractivity contribution in [3.05, 3.63) is 94.2 Å². The fourth-order valence-corrected chi connectivity index (χ4v) is 5.82. The molecule has 0 aliphatic rings. The second kappa shape index (κ2) is 10.6. The standard InChI is InChI=1S/C29H31N3O4S/c1-5-6-12-25-26(32(4)22-10-7-9-19(2)18-22)27(33)28(29(34)31-25)37(35,36)23-15-13-21(14-16-23)24-11-8-17-30-20(24)3/h7-11,13-18H,5-6,12H2,1-4H3,(H2,31,33,34). The lowest BCUT2D eigenvalue weighted by Gasteiger charge is -2.25. The number of unbranched alkanes of at least 4 members (excludes halogenated alkanes) is 1. The van der Waals surface area contributed by atoms with Crippen molar-refractivity contribution in [2.75, 3.05) is 11.9 Å². The topological polar surface area (TPSA) is 103 Å². The number of benzene rings is 2. The van der Waals surface area contributed by atoms with Gasteiger partial charge in [-0.15, -0.1) is 0 Å². The average molecular weight is 518 g/mol. The summed E-state index contributed by atoms with van der Waals surface area (Å²) in [7, 11) is -2.58. The molecule has 4 aromatic rings. The van der Waals surface area contributed by atoms with Gasteiger partial charge in [0.1, 0.15) is 5.69 Å². The number of anilines is 2. The molecule has 8 heteroatoms. The number of pyridine rings is 2. The maximum absolute atomic E-state index is 13.7. The lowest BCUT2D eigenvalue weighted by Crippen LogP contribution is -2.24. The van der Waals surface area contributed by atoms with E-state index in [0.29, 0.717) is 12.1 Å². The maximum Gasteiger partial charge on any atom is 0.271 e. The number of sulfone groups is 1. The summed E-state index contributed by atoms with van der Waals surface area (Å²) in [5, 5.41) is 11.4. The van der Waals surface area contributed by atoms with Crippen molar-refractivity contribution >= 4 is 21.2 Å². The van der Waals surface area contributed by atoms with Crippen LogP contribution in [0.3, 0.4) is 0 Å². The molecule has 2 heterocycles. The minimum Gasteiger partial charge on any atom is -0.504 e. The number of hydrogen-bond donors (Lipinski definition) is 2. The summed E-state index contributed by atoms with van der Waals surface area (Å²) in [4.78, 5) is 21.1. The summed E-state index contributed by atoms with van der Waals surface area (Å²) >= 11 is 0. The predicted molar refractivity (Wildman–Crippen MR) is 146 cm³/mol. The Morgan fingerprint density at radius 3 is 2.41 bits per heavy atom. The normalized spacial score (nSPS) is 11.5. The first-order valence-electron chi connectivity index (χ1n) is 12.2. The van der Waals surface area contributed by atoms with E-state index in [1.807, 2.05) is 57.2 Å². The van der Waals surface area contributed by atoms with Gasteiger partial charge in [-0.05, 0) is 68.1 Å². The molecule has 0 aliphatic carbocycles. The summed E-state index contributed by atoms with van der Waals surface area (Å²) in [5.74, 6) is -0.550. The molecule has 0 saturated heterocycles. The zero-order valence-corrected chi connectivity index (χ0v) is 22.3. The number of aromatic nitrogens is 2. The highest BCUT2D eigenvalue weighted by Crippen LogP contribution is 2.39. The number of aromatic hydroxyl groups is 1. The SMILES string of the molecule is CCCCc1[nH]c(=O)c(S(=O)(=O)c2ccc(-c3cccnc3C)cc2)c(O)c1N(C)c1cccc(C)c1. The van der Waals surface area contributed by atoms with E-state index >= 15 is 0 Å². The van der Waals surface area contributed by atoms with Gasteiger partial charge >= 0.3 is 0 Å². The second-order valence-electron chi connectivity index (χ2n) is 9.12. The van der Waals surface area contributed by atoms with Crippen LogP contribution in [0.2, 0.25) is 0 Å². The van der Waals surface area contributed by atoms with Crippen LogP contribution in [0.15, 0.2) is 81.4 Å². The highest BCUT2D eigenvalue weighted by Gasteiger charge is 2.31. The molecule has 4 rings (SSSR count). The van der Waals surface area contributed by atoms with Gasteiger partial charge in [0, 0.05) is 35.9 Å². The third kappa shape index (κ3) is 5.15. The molecule has 37 heavy (non-hydrogen) atoms. The zero-order valence-electron chi connectivity index (χ0n) is 21.4.